The molecule has 2 rings (SSSR count). The molecule has 2 N–H and O–H groups in total. The van der Waals surface area contributed by atoms with Gasteiger partial charge in [0.1, 0.15) is 0 Å². The van der Waals surface area contributed by atoms with Crippen LogP contribution in [0.4, 0.5) is 5.69 Å². The van der Waals surface area contributed by atoms with E-state index in [0.717, 1.165) is 30.6 Å². The van der Waals surface area contributed by atoms with Gasteiger partial charge in [0.25, 0.3) is 0 Å². The van der Waals surface area contributed by atoms with Crippen LogP contribution in [-0.2, 0) is 16.0 Å². The number of thiocarbonyl (C=S) groups is 1. The summed E-state index contributed by atoms with van der Waals surface area (Å²) in [5.74, 6) is 0.158. The fourth-order valence-corrected chi connectivity index (χ4v) is 2.58. The molecule has 6 heteroatoms. The summed E-state index contributed by atoms with van der Waals surface area (Å²) in [5, 5.41) is 6.96. The smallest absolute Gasteiger partial charge is 0.227 e. The molecule has 0 bridgehead atoms. The van der Waals surface area contributed by atoms with Crippen molar-refractivity contribution in [2.45, 2.75) is 26.2 Å². The molecule has 1 saturated heterocycles. The van der Waals surface area contributed by atoms with Crippen LogP contribution < -0.4 is 10.6 Å². The van der Waals surface area contributed by atoms with Gasteiger partial charge >= 0.3 is 0 Å². The number of carbonyl (C=O) groups excluding carboxylic acids is 1. The van der Waals surface area contributed by atoms with Crippen LogP contribution in [0.5, 0.6) is 0 Å². The quantitative estimate of drug-likeness (QED) is 0.616. The summed E-state index contributed by atoms with van der Waals surface area (Å²) >= 11 is 5.24. The standard InChI is InChI=1S/C17H25N3O2S/c1-2-3-8-18-17(23)19-15-6-4-14(5-7-15)13-16(21)20-9-11-22-12-10-20/h4-7H,2-3,8-13H2,1H3,(H2,18,19,23). The maximum absolute atomic E-state index is 12.2. The van der Waals surface area contributed by atoms with E-state index in [1.54, 1.807) is 0 Å². The highest BCUT2D eigenvalue weighted by Gasteiger charge is 2.16. The number of anilines is 1. The molecule has 0 saturated carbocycles. The highest BCUT2D eigenvalue weighted by Crippen LogP contribution is 2.11. The lowest BCUT2D eigenvalue weighted by atomic mass is 10.1. The Balaban J connectivity index is 1.79. The summed E-state index contributed by atoms with van der Waals surface area (Å²) in [4.78, 5) is 14.1. The van der Waals surface area contributed by atoms with Crippen molar-refractivity contribution in [2.75, 3.05) is 38.2 Å². The lowest BCUT2D eigenvalue weighted by Gasteiger charge is -2.26. The van der Waals surface area contributed by atoms with Gasteiger partial charge in [0, 0.05) is 25.3 Å². The van der Waals surface area contributed by atoms with E-state index in [2.05, 4.69) is 17.6 Å². The van der Waals surface area contributed by atoms with Gasteiger partial charge in [-0.15, -0.1) is 0 Å². The van der Waals surface area contributed by atoms with Crippen LogP contribution in [0.25, 0.3) is 0 Å². The van der Waals surface area contributed by atoms with Gasteiger partial charge in [-0.3, -0.25) is 4.79 Å². The van der Waals surface area contributed by atoms with E-state index in [1.165, 1.54) is 0 Å². The third kappa shape index (κ3) is 6.15. The van der Waals surface area contributed by atoms with Crippen LogP contribution in [0.3, 0.4) is 0 Å². The Labute approximate surface area is 143 Å². The van der Waals surface area contributed by atoms with Gasteiger partial charge < -0.3 is 20.3 Å². The molecule has 0 aliphatic carbocycles. The number of rotatable bonds is 6. The lowest BCUT2D eigenvalue weighted by Crippen LogP contribution is -2.41. The Morgan fingerprint density at radius 3 is 2.61 bits per heavy atom. The number of unbranched alkanes of at least 4 members (excludes halogenated alkanes) is 1. The second kappa shape index (κ2) is 9.47. The fraction of sp³-hybridized carbons (Fsp3) is 0.529. The van der Waals surface area contributed by atoms with E-state index in [-0.39, 0.29) is 5.91 Å². The molecule has 0 spiro atoms. The Bertz CT molecular complexity index is 513. The minimum Gasteiger partial charge on any atom is -0.378 e. The van der Waals surface area contributed by atoms with Crippen molar-refractivity contribution < 1.29 is 9.53 Å². The Morgan fingerprint density at radius 2 is 1.96 bits per heavy atom. The van der Waals surface area contributed by atoms with E-state index in [1.807, 2.05) is 29.2 Å². The van der Waals surface area contributed by atoms with E-state index in [9.17, 15) is 4.79 Å². The van der Waals surface area contributed by atoms with Gasteiger partial charge in [0.2, 0.25) is 5.91 Å². The first-order valence-electron chi connectivity index (χ1n) is 8.18. The van der Waals surface area contributed by atoms with Crippen LogP contribution in [0, 0.1) is 0 Å². The maximum atomic E-state index is 12.2. The van der Waals surface area contributed by atoms with Crippen LogP contribution >= 0.6 is 12.2 Å². The highest BCUT2D eigenvalue weighted by molar-refractivity contribution is 7.80. The summed E-state index contributed by atoms with van der Waals surface area (Å²) in [5.41, 5.74) is 1.94. The minimum atomic E-state index is 0.158. The van der Waals surface area contributed by atoms with Crippen molar-refractivity contribution in [2.24, 2.45) is 0 Å². The minimum absolute atomic E-state index is 0.158. The van der Waals surface area contributed by atoms with Crippen molar-refractivity contribution in [1.82, 2.24) is 10.2 Å². The maximum Gasteiger partial charge on any atom is 0.227 e. The largest absolute Gasteiger partial charge is 0.378 e. The molecule has 0 aromatic heterocycles. The molecule has 0 atom stereocenters. The molecule has 0 unspecified atom stereocenters. The summed E-state index contributed by atoms with van der Waals surface area (Å²) < 4.78 is 5.27. The topological polar surface area (TPSA) is 53.6 Å². The summed E-state index contributed by atoms with van der Waals surface area (Å²) in [6.07, 6.45) is 2.67. The SMILES string of the molecule is CCCCNC(=S)Nc1ccc(CC(=O)N2CCOCC2)cc1. The second-order valence-corrected chi connectivity index (χ2v) is 6.01. The monoisotopic (exact) mass is 335 g/mol. The average Bonchev–Trinajstić information content (AvgIpc) is 2.57. The van der Waals surface area contributed by atoms with Crippen LogP contribution in [0.2, 0.25) is 0 Å². The molecule has 0 radical (unpaired) electrons. The molecule has 1 aromatic carbocycles. The molecule has 1 aromatic rings. The van der Waals surface area contributed by atoms with Crippen molar-refractivity contribution in [1.29, 1.82) is 0 Å². The summed E-state index contributed by atoms with van der Waals surface area (Å²) in [6.45, 7) is 5.68. The molecule has 126 valence electrons. The van der Waals surface area contributed by atoms with Crippen molar-refractivity contribution in [3.8, 4) is 0 Å². The zero-order valence-corrected chi connectivity index (χ0v) is 14.5. The Kier molecular flexibility index (Phi) is 7.29. The molecular formula is C17H25N3O2S. The van der Waals surface area contributed by atoms with Crippen molar-refractivity contribution in [3.05, 3.63) is 29.8 Å². The average molecular weight is 335 g/mol. The first-order chi connectivity index (χ1) is 11.2. The van der Waals surface area contributed by atoms with E-state index in [0.29, 0.717) is 37.8 Å². The van der Waals surface area contributed by atoms with Crippen LogP contribution in [0.15, 0.2) is 24.3 Å². The zero-order chi connectivity index (χ0) is 16.5. The molecular weight excluding hydrogens is 310 g/mol. The highest BCUT2D eigenvalue weighted by atomic mass is 32.1. The summed E-state index contributed by atoms with van der Waals surface area (Å²) in [7, 11) is 0. The van der Waals surface area contributed by atoms with Gasteiger partial charge in [-0.2, -0.15) is 0 Å². The second-order valence-electron chi connectivity index (χ2n) is 5.60. The van der Waals surface area contributed by atoms with Gasteiger partial charge in [-0.05, 0) is 36.3 Å². The number of hydrogen-bond acceptors (Lipinski definition) is 3. The van der Waals surface area contributed by atoms with Gasteiger partial charge in [0.05, 0.1) is 19.6 Å². The molecule has 1 heterocycles. The van der Waals surface area contributed by atoms with Crippen LogP contribution in [0.1, 0.15) is 25.3 Å². The van der Waals surface area contributed by atoms with E-state index < -0.39 is 0 Å². The lowest BCUT2D eigenvalue weighted by molar-refractivity contribution is -0.134. The van der Waals surface area contributed by atoms with Gasteiger partial charge in [0.15, 0.2) is 5.11 Å². The van der Waals surface area contributed by atoms with E-state index in [4.69, 9.17) is 17.0 Å². The first-order valence-corrected chi connectivity index (χ1v) is 8.59. The fourth-order valence-electron chi connectivity index (χ4n) is 2.36. The number of nitrogens with zero attached hydrogens (tertiary/aromatic N) is 1. The predicted molar refractivity (Wildman–Crippen MR) is 96.7 cm³/mol. The zero-order valence-electron chi connectivity index (χ0n) is 13.6. The number of hydrogen-bond donors (Lipinski definition) is 2. The number of amides is 1. The summed E-state index contributed by atoms with van der Waals surface area (Å²) in [6, 6.07) is 7.84. The molecule has 23 heavy (non-hydrogen) atoms. The molecule has 1 fully saturated rings. The number of nitrogens with one attached hydrogen (secondary N) is 2. The molecule has 1 aliphatic heterocycles. The number of morpholine rings is 1. The Hall–Kier alpha value is -1.66. The molecule has 1 amide bonds. The third-order valence-electron chi connectivity index (χ3n) is 3.75. The van der Waals surface area contributed by atoms with Gasteiger partial charge in [-0.1, -0.05) is 25.5 Å². The van der Waals surface area contributed by atoms with Gasteiger partial charge in [-0.25, -0.2) is 0 Å². The number of benzene rings is 1. The van der Waals surface area contributed by atoms with Crippen molar-refractivity contribution in [3.63, 3.8) is 0 Å². The number of carbonyl (C=O) groups is 1. The molecule has 1 aliphatic rings. The first kappa shape index (κ1) is 17.7. The normalized spacial score (nSPS) is 14.4. The van der Waals surface area contributed by atoms with Crippen LogP contribution in [-0.4, -0.2) is 48.8 Å². The Morgan fingerprint density at radius 1 is 1.26 bits per heavy atom. The third-order valence-corrected chi connectivity index (χ3v) is 3.99. The number of ether oxygens (including phenoxy) is 1. The van der Waals surface area contributed by atoms with E-state index >= 15 is 0 Å². The van der Waals surface area contributed by atoms with Crippen molar-refractivity contribution >= 4 is 28.9 Å². The molecule has 5 nitrogen and oxygen atoms in total. The predicted octanol–water partition coefficient (Wildman–Crippen LogP) is 2.17.